The van der Waals surface area contributed by atoms with Crippen LogP contribution in [0, 0.1) is 6.92 Å². The van der Waals surface area contributed by atoms with Crippen LogP contribution < -0.4 is 16.0 Å². The van der Waals surface area contributed by atoms with E-state index in [1.807, 2.05) is 56.5 Å². The minimum Gasteiger partial charge on any atom is -0.374 e. The fourth-order valence-electron chi connectivity index (χ4n) is 7.52. The Morgan fingerprint density at radius 3 is 2.56 bits per heavy atom. The molecule has 8 rings (SSSR count). The Kier molecular flexibility index (Phi) is 10.4. The van der Waals surface area contributed by atoms with Gasteiger partial charge >= 0.3 is 0 Å². The first kappa shape index (κ1) is 37.7. The highest BCUT2D eigenvalue weighted by atomic mass is 16.5. The maximum absolute atomic E-state index is 12.7. The van der Waals surface area contributed by atoms with E-state index in [4.69, 9.17) is 9.51 Å². The van der Waals surface area contributed by atoms with E-state index in [0.29, 0.717) is 25.3 Å². The molecule has 292 valence electrons. The summed E-state index contributed by atoms with van der Waals surface area (Å²) >= 11 is 0. The summed E-state index contributed by atoms with van der Waals surface area (Å²) in [5.41, 5.74) is 11.5. The van der Waals surface area contributed by atoms with Gasteiger partial charge in [0.1, 0.15) is 12.4 Å². The third-order valence-corrected chi connectivity index (χ3v) is 10.8. The second-order valence-corrected chi connectivity index (χ2v) is 16.1. The Balaban J connectivity index is 0.886. The molecule has 3 aromatic heterocycles. The zero-order chi connectivity index (χ0) is 39.7. The van der Waals surface area contributed by atoms with Crippen LogP contribution in [0.2, 0.25) is 0 Å². The normalized spacial score (nSPS) is 16.0. The van der Waals surface area contributed by atoms with Crippen LogP contribution in [-0.2, 0) is 40.9 Å². The number of aryl methyl sites for hydroxylation is 2. The van der Waals surface area contributed by atoms with Gasteiger partial charge in [0, 0.05) is 54.5 Å². The monoisotopic (exact) mass is 765 g/mol. The van der Waals surface area contributed by atoms with E-state index in [0.717, 1.165) is 83.6 Å². The maximum Gasteiger partial charge on any atom is 0.292 e. The van der Waals surface area contributed by atoms with Gasteiger partial charge < -0.3 is 15.2 Å². The smallest absolute Gasteiger partial charge is 0.292 e. The molecule has 57 heavy (non-hydrogen) atoms. The molecule has 3 amide bonds. The van der Waals surface area contributed by atoms with Crippen LogP contribution in [0.4, 0.5) is 5.69 Å². The minimum atomic E-state index is -0.381. The van der Waals surface area contributed by atoms with Crippen molar-refractivity contribution < 1.29 is 18.9 Å². The van der Waals surface area contributed by atoms with Gasteiger partial charge in [0.15, 0.2) is 0 Å². The van der Waals surface area contributed by atoms with Gasteiger partial charge in [-0.3, -0.25) is 24.6 Å². The van der Waals surface area contributed by atoms with Crippen molar-refractivity contribution in [1.82, 2.24) is 40.3 Å². The van der Waals surface area contributed by atoms with E-state index < -0.39 is 0 Å². The lowest BCUT2D eigenvalue weighted by Gasteiger charge is -2.29. The minimum absolute atomic E-state index is 0.0250. The van der Waals surface area contributed by atoms with Crippen LogP contribution in [0.5, 0.6) is 0 Å². The van der Waals surface area contributed by atoms with Crippen LogP contribution >= 0.6 is 0 Å². The first-order chi connectivity index (χ1) is 27.5. The molecule has 5 heterocycles. The van der Waals surface area contributed by atoms with Crippen molar-refractivity contribution in [2.24, 2.45) is 0 Å². The number of amides is 3. The van der Waals surface area contributed by atoms with E-state index in [9.17, 15) is 14.4 Å². The molecule has 3 aromatic carbocycles. The molecule has 1 unspecified atom stereocenters. The molecule has 0 spiro atoms. The Morgan fingerprint density at radius 1 is 0.965 bits per heavy atom. The lowest BCUT2D eigenvalue weighted by Crippen LogP contribution is -2.47. The number of carbonyl (C=O) groups is 3. The predicted molar refractivity (Wildman–Crippen MR) is 216 cm³/mol. The summed E-state index contributed by atoms with van der Waals surface area (Å²) in [5, 5.41) is 17.0. The van der Waals surface area contributed by atoms with Crippen LogP contribution in [0.25, 0.3) is 27.9 Å². The molecule has 1 atom stereocenters. The van der Waals surface area contributed by atoms with Gasteiger partial charge in [-0.05, 0) is 103 Å². The zero-order valence-corrected chi connectivity index (χ0v) is 32.8. The van der Waals surface area contributed by atoms with Gasteiger partial charge in [0.05, 0.1) is 11.2 Å². The lowest BCUT2D eigenvalue weighted by molar-refractivity contribution is -0.133. The van der Waals surface area contributed by atoms with Gasteiger partial charge in [0.25, 0.3) is 11.7 Å². The molecule has 3 N–H and O–H groups in total. The van der Waals surface area contributed by atoms with E-state index >= 15 is 0 Å². The van der Waals surface area contributed by atoms with E-state index in [1.165, 1.54) is 16.7 Å². The number of nitrogens with zero attached hydrogens (tertiary/aromatic N) is 6. The highest BCUT2D eigenvalue weighted by molar-refractivity contribution is 6.01. The average Bonchev–Trinajstić information content (AvgIpc) is 3.88. The van der Waals surface area contributed by atoms with Gasteiger partial charge in [-0.1, -0.05) is 62.3 Å². The Morgan fingerprint density at radius 2 is 1.79 bits per heavy atom. The van der Waals surface area contributed by atoms with E-state index in [-0.39, 0.29) is 35.0 Å². The number of fused-ring (bicyclic) bond motifs is 2. The van der Waals surface area contributed by atoms with Crippen LogP contribution in [0.15, 0.2) is 83.8 Å². The number of anilines is 1. The molecule has 2 aliphatic heterocycles. The molecule has 2 aliphatic rings. The first-order valence-electron chi connectivity index (χ1n) is 19.6. The second-order valence-electron chi connectivity index (χ2n) is 16.1. The standard InChI is InChI=1S/C44H47N9O4/c1-27-20-31(11-12-32(27)23-45-42(56)40-50-43(57-51-40)44(2,3)4)39-37-22-34(25-53(37)47-26-46-39)30-10-9-29-17-19-52(24-33(29)21-30)18-5-6-28-7-13-35(14-8-28)48-36-15-16-38(54)49-41(36)55/h7-14,20-22,25-26,36,48H,5-6,15-19,23-24H2,1-4H3,(H,45,56)(H,49,54,55). The fourth-order valence-corrected chi connectivity index (χ4v) is 7.52. The molecule has 0 bridgehead atoms. The number of hydrogen-bond donors (Lipinski definition) is 3. The van der Waals surface area contributed by atoms with Crippen molar-refractivity contribution >= 4 is 28.9 Å². The number of benzene rings is 3. The number of imide groups is 1. The van der Waals surface area contributed by atoms with Crippen molar-refractivity contribution in [2.45, 2.75) is 84.3 Å². The maximum atomic E-state index is 12.7. The van der Waals surface area contributed by atoms with Crippen LogP contribution in [-0.4, -0.2) is 66.5 Å². The van der Waals surface area contributed by atoms with Crippen molar-refractivity contribution in [3.8, 4) is 22.4 Å². The van der Waals surface area contributed by atoms with Crippen molar-refractivity contribution in [1.29, 1.82) is 0 Å². The summed E-state index contributed by atoms with van der Waals surface area (Å²) in [7, 11) is 0. The molecule has 13 nitrogen and oxygen atoms in total. The average molecular weight is 766 g/mol. The van der Waals surface area contributed by atoms with Gasteiger partial charge in [-0.2, -0.15) is 10.1 Å². The Bertz CT molecular complexity index is 2460. The number of aromatic nitrogens is 5. The number of piperidine rings is 1. The summed E-state index contributed by atoms with van der Waals surface area (Å²) in [4.78, 5) is 47.8. The summed E-state index contributed by atoms with van der Waals surface area (Å²) in [6.45, 7) is 11.2. The lowest BCUT2D eigenvalue weighted by atomic mass is 9.95. The molecule has 1 saturated heterocycles. The van der Waals surface area contributed by atoms with Gasteiger partial charge in [-0.25, -0.2) is 9.50 Å². The third kappa shape index (κ3) is 8.48. The van der Waals surface area contributed by atoms with Crippen molar-refractivity contribution in [2.75, 3.05) is 18.4 Å². The van der Waals surface area contributed by atoms with Crippen molar-refractivity contribution in [3.05, 3.63) is 119 Å². The SMILES string of the molecule is Cc1cc(-c2ncnn3cc(-c4ccc5c(c4)CN(CCCc4ccc(NC6CCC(=O)NC6=O)cc4)CC5)cc23)ccc1CNC(=O)c1noc(C(C)(C)C)n1. The van der Waals surface area contributed by atoms with Crippen molar-refractivity contribution in [3.63, 3.8) is 0 Å². The summed E-state index contributed by atoms with van der Waals surface area (Å²) in [6.07, 6.45) is 7.57. The van der Waals surface area contributed by atoms with E-state index in [2.05, 4.69) is 84.8 Å². The summed E-state index contributed by atoms with van der Waals surface area (Å²) < 4.78 is 7.17. The quantitative estimate of drug-likeness (QED) is 0.130. The molecule has 13 heteroatoms. The zero-order valence-electron chi connectivity index (χ0n) is 32.8. The second kappa shape index (κ2) is 15.7. The molecule has 0 radical (unpaired) electrons. The molecular weight excluding hydrogens is 719 g/mol. The molecule has 0 aliphatic carbocycles. The molecular formula is C44H47N9O4. The summed E-state index contributed by atoms with van der Waals surface area (Å²) in [6, 6.07) is 23.0. The predicted octanol–water partition coefficient (Wildman–Crippen LogP) is 6.19. The third-order valence-electron chi connectivity index (χ3n) is 10.8. The fraction of sp³-hybridized carbons (Fsp3) is 0.341. The highest BCUT2D eigenvalue weighted by Gasteiger charge is 2.27. The number of nitrogens with one attached hydrogen (secondary N) is 3. The molecule has 0 saturated carbocycles. The molecule has 6 aromatic rings. The number of rotatable bonds is 11. The topological polar surface area (TPSA) is 160 Å². The Labute approximate surface area is 331 Å². The van der Waals surface area contributed by atoms with Gasteiger partial charge in [0.2, 0.25) is 17.7 Å². The van der Waals surface area contributed by atoms with Gasteiger partial charge in [-0.15, -0.1) is 0 Å². The first-order valence-corrected chi connectivity index (χ1v) is 19.6. The number of hydrogen-bond acceptors (Lipinski definition) is 10. The number of carbonyl (C=O) groups excluding carboxylic acids is 3. The van der Waals surface area contributed by atoms with Crippen LogP contribution in [0.1, 0.15) is 84.4 Å². The van der Waals surface area contributed by atoms with Crippen LogP contribution in [0.3, 0.4) is 0 Å². The largest absolute Gasteiger partial charge is 0.374 e. The Hall–Kier alpha value is -6.21. The van der Waals surface area contributed by atoms with E-state index in [1.54, 1.807) is 6.33 Å². The highest BCUT2D eigenvalue weighted by Crippen LogP contribution is 2.32. The summed E-state index contributed by atoms with van der Waals surface area (Å²) in [5.74, 6) is -0.404. The molecule has 1 fully saturated rings.